The van der Waals surface area contributed by atoms with Crippen molar-refractivity contribution in [3.05, 3.63) is 35.7 Å². The number of aryl methyl sites for hydroxylation is 2. The molecule has 1 aromatic carbocycles. The van der Waals surface area contributed by atoms with Crippen molar-refractivity contribution in [3.63, 3.8) is 0 Å². The Morgan fingerprint density at radius 1 is 1.44 bits per heavy atom. The van der Waals surface area contributed by atoms with Crippen molar-refractivity contribution in [3.8, 4) is 0 Å². The number of Topliss-reactive ketones (excluding diaryl/α,β-unsaturated/α-hetero) is 1. The number of fused-ring (bicyclic) bond motifs is 3. The molecule has 0 unspecified atom stereocenters. The van der Waals surface area contributed by atoms with Gasteiger partial charge in [-0.2, -0.15) is 0 Å². The summed E-state index contributed by atoms with van der Waals surface area (Å²) in [5.41, 5.74) is 3.46. The molecule has 2 aromatic heterocycles. The van der Waals surface area contributed by atoms with Gasteiger partial charge in [-0.1, -0.05) is 17.4 Å². The van der Waals surface area contributed by atoms with E-state index in [-0.39, 0.29) is 5.78 Å². The largest absolute Gasteiger partial charge is 0.300 e. The molecule has 0 aliphatic rings. The summed E-state index contributed by atoms with van der Waals surface area (Å²) < 4.78 is 3.36. The topological polar surface area (TPSA) is 34.4 Å². The molecule has 0 aliphatic heterocycles. The fourth-order valence-corrected chi connectivity index (χ4v) is 3.25. The Hall–Kier alpha value is -1.68. The number of rotatable bonds is 3. The van der Waals surface area contributed by atoms with Gasteiger partial charge in [0.15, 0.2) is 4.96 Å². The SMILES string of the molecule is CC(=O)CCc1ccc2c(c1)sc1nc(C)cn12. The van der Waals surface area contributed by atoms with Crippen molar-refractivity contribution in [1.82, 2.24) is 9.38 Å². The van der Waals surface area contributed by atoms with Crippen LogP contribution in [0.15, 0.2) is 24.4 Å². The average molecular weight is 258 g/mol. The molecular weight excluding hydrogens is 244 g/mol. The molecule has 0 saturated heterocycles. The highest BCUT2D eigenvalue weighted by Gasteiger charge is 2.07. The standard InChI is InChI=1S/C14H14N2OS/c1-9-8-16-12-6-5-11(4-3-10(2)17)7-13(12)18-14(16)15-9/h5-8H,3-4H2,1-2H3. The molecule has 0 saturated carbocycles. The number of ketones is 1. The maximum atomic E-state index is 11.0. The molecule has 0 fully saturated rings. The maximum Gasteiger partial charge on any atom is 0.194 e. The van der Waals surface area contributed by atoms with Crippen LogP contribution in [0.2, 0.25) is 0 Å². The van der Waals surface area contributed by atoms with E-state index in [9.17, 15) is 4.79 Å². The second-order valence-electron chi connectivity index (χ2n) is 4.64. The van der Waals surface area contributed by atoms with E-state index >= 15 is 0 Å². The quantitative estimate of drug-likeness (QED) is 0.721. The average Bonchev–Trinajstić information content (AvgIpc) is 2.81. The molecule has 0 bridgehead atoms. The normalized spacial score (nSPS) is 11.4. The highest BCUT2D eigenvalue weighted by Crippen LogP contribution is 2.27. The molecule has 0 aliphatic carbocycles. The molecule has 0 radical (unpaired) electrons. The van der Waals surface area contributed by atoms with Gasteiger partial charge in [-0.25, -0.2) is 4.98 Å². The minimum atomic E-state index is 0.242. The van der Waals surface area contributed by atoms with Gasteiger partial charge < -0.3 is 4.79 Å². The van der Waals surface area contributed by atoms with Gasteiger partial charge >= 0.3 is 0 Å². The first-order chi connectivity index (χ1) is 8.63. The number of imidazole rings is 1. The highest BCUT2D eigenvalue weighted by atomic mass is 32.1. The van der Waals surface area contributed by atoms with Crippen LogP contribution in [0, 0.1) is 6.92 Å². The Morgan fingerprint density at radius 3 is 3.06 bits per heavy atom. The summed E-state index contributed by atoms with van der Waals surface area (Å²) in [5, 5.41) is 0. The van der Waals surface area contributed by atoms with Crippen LogP contribution in [-0.4, -0.2) is 15.2 Å². The number of benzene rings is 1. The number of carbonyl (C=O) groups excluding carboxylic acids is 1. The lowest BCUT2D eigenvalue weighted by Crippen LogP contribution is -1.93. The number of hydrogen-bond acceptors (Lipinski definition) is 3. The summed E-state index contributed by atoms with van der Waals surface area (Å²) in [7, 11) is 0. The number of nitrogens with zero attached hydrogens (tertiary/aromatic N) is 2. The van der Waals surface area contributed by atoms with Crippen LogP contribution in [-0.2, 0) is 11.2 Å². The third kappa shape index (κ3) is 1.93. The van der Waals surface area contributed by atoms with Crippen LogP contribution in [0.25, 0.3) is 15.2 Å². The molecule has 2 heterocycles. The van der Waals surface area contributed by atoms with Gasteiger partial charge in [0.1, 0.15) is 5.78 Å². The fourth-order valence-electron chi connectivity index (χ4n) is 2.13. The molecular formula is C14H14N2OS. The summed E-state index contributed by atoms with van der Waals surface area (Å²) >= 11 is 1.70. The molecule has 3 nitrogen and oxygen atoms in total. The summed E-state index contributed by atoms with van der Waals surface area (Å²) in [6, 6.07) is 6.40. The number of thiazole rings is 1. The lowest BCUT2D eigenvalue weighted by molar-refractivity contribution is -0.116. The molecule has 4 heteroatoms. The van der Waals surface area contributed by atoms with Gasteiger partial charge in [-0.3, -0.25) is 4.40 Å². The van der Waals surface area contributed by atoms with E-state index in [1.807, 2.05) is 6.92 Å². The van der Waals surface area contributed by atoms with Gasteiger partial charge in [0, 0.05) is 12.6 Å². The molecule has 3 rings (SSSR count). The number of aromatic nitrogens is 2. The van der Waals surface area contributed by atoms with E-state index in [1.165, 1.54) is 15.8 Å². The van der Waals surface area contributed by atoms with E-state index in [4.69, 9.17) is 0 Å². The first kappa shape index (κ1) is 11.4. The van der Waals surface area contributed by atoms with Crippen LogP contribution < -0.4 is 0 Å². The summed E-state index contributed by atoms with van der Waals surface area (Å²) in [6.45, 7) is 3.65. The Kier molecular flexibility index (Phi) is 2.67. The minimum Gasteiger partial charge on any atom is -0.300 e. The molecule has 0 N–H and O–H groups in total. The van der Waals surface area contributed by atoms with Gasteiger partial charge in [-0.15, -0.1) is 0 Å². The maximum absolute atomic E-state index is 11.0. The lowest BCUT2D eigenvalue weighted by Gasteiger charge is -1.99. The first-order valence-electron chi connectivity index (χ1n) is 6.00. The second-order valence-corrected chi connectivity index (χ2v) is 5.65. The monoisotopic (exact) mass is 258 g/mol. The van der Waals surface area contributed by atoms with Crippen LogP contribution >= 0.6 is 11.3 Å². The van der Waals surface area contributed by atoms with Crippen LogP contribution in [0.1, 0.15) is 24.6 Å². The van der Waals surface area contributed by atoms with Crippen molar-refractivity contribution in [1.29, 1.82) is 0 Å². The van der Waals surface area contributed by atoms with E-state index < -0.39 is 0 Å². The molecule has 92 valence electrons. The smallest absolute Gasteiger partial charge is 0.194 e. The third-order valence-corrected chi connectivity index (χ3v) is 4.06. The number of hydrogen-bond donors (Lipinski definition) is 0. The van der Waals surface area contributed by atoms with Crippen molar-refractivity contribution >= 4 is 32.3 Å². The predicted molar refractivity (Wildman–Crippen MR) is 74.3 cm³/mol. The lowest BCUT2D eigenvalue weighted by atomic mass is 10.1. The zero-order chi connectivity index (χ0) is 12.7. The van der Waals surface area contributed by atoms with Crippen molar-refractivity contribution in [2.75, 3.05) is 0 Å². The van der Waals surface area contributed by atoms with E-state index in [2.05, 4.69) is 33.8 Å². The van der Waals surface area contributed by atoms with Crippen LogP contribution in [0.3, 0.4) is 0 Å². The Labute approximate surface area is 109 Å². The van der Waals surface area contributed by atoms with E-state index in [0.717, 1.165) is 17.1 Å². The van der Waals surface area contributed by atoms with E-state index in [1.54, 1.807) is 18.3 Å². The molecule has 3 aromatic rings. The highest BCUT2D eigenvalue weighted by molar-refractivity contribution is 7.23. The predicted octanol–water partition coefficient (Wildman–Crippen LogP) is 3.38. The van der Waals surface area contributed by atoms with Gasteiger partial charge in [0.25, 0.3) is 0 Å². The van der Waals surface area contributed by atoms with Gasteiger partial charge in [-0.05, 0) is 38.0 Å². The van der Waals surface area contributed by atoms with Crippen molar-refractivity contribution in [2.24, 2.45) is 0 Å². The fraction of sp³-hybridized carbons (Fsp3) is 0.286. The summed E-state index contributed by atoms with van der Waals surface area (Å²) in [6.07, 6.45) is 3.50. The molecule has 18 heavy (non-hydrogen) atoms. The zero-order valence-electron chi connectivity index (χ0n) is 10.4. The Morgan fingerprint density at radius 2 is 2.28 bits per heavy atom. The Bertz CT molecular complexity index is 739. The Balaban J connectivity index is 2.04. The third-order valence-electron chi connectivity index (χ3n) is 3.04. The molecule has 0 atom stereocenters. The van der Waals surface area contributed by atoms with Crippen molar-refractivity contribution in [2.45, 2.75) is 26.7 Å². The summed E-state index contributed by atoms with van der Waals surface area (Å²) in [5.74, 6) is 0.242. The zero-order valence-corrected chi connectivity index (χ0v) is 11.3. The van der Waals surface area contributed by atoms with Gasteiger partial charge in [0.05, 0.1) is 15.9 Å². The molecule has 0 amide bonds. The van der Waals surface area contributed by atoms with Gasteiger partial charge in [0.2, 0.25) is 0 Å². The minimum absolute atomic E-state index is 0.242. The van der Waals surface area contributed by atoms with E-state index in [0.29, 0.717) is 6.42 Å². The first-order valence-corrected chi connectivity index (χ1v) is 6.82. The second kappa shape index (κ2) is 4.21. The number of carbonyl (C=O) groups is 1. The van der Waals surface area contributed by atoms with Crippen LogP contribution in [0.4, 0.5) is 0 Å². The van der Waals surface area contributed by atoms with Crippen molar-refractivity contribution < 1.29 is 4.79 Å². The van der Waals surface area contributed by atoms with Crippen LogP contribution in [0.5, 0.6) is 0 Å². The summed E-state index contributed by atoms with van der Waals surface area (Å²) in [4.78, 5) is 16.5. The molecule has 0 spiro atoms.